The van der Waals surface area contributed by atoms with Crippen LogP contribution >= 0.6 is 0 Å². The Morgan fingerprint density at radius 1 is 1.13 bits per heavy atom. The van der Waals surface area contributed by atoms with Crippen molar-refractivity contribution in [2.24, 2.45) is 5.92 Å². The van der Waals surface area contributed by atoms with Gasteiger partial charge in [-0.15, -0.1) is 0 Å². The van der Waals surface area contributed by atoms with E-state index in [1.165, 1.54) is 35.5 Å². The molecule has 3 aliphatic heterocycles. The van der Waals surface area contributed by atoms with Crippen molar-refractivity contribution in [3.63, 3.8) is 0 Å². The monoisotopic (exact) mass is 723 g/mol. The normalized spacial score (nSPS) is 27.5. The molecule has 3 aliphatic rings. The third-order valence-corrected chi connectivity index (χ3v) is 10.3. The number of phenols is 2. The highest BCUT2D eigenvalue weighted by Gasteiger charge is 2.59. The number of amides is 1. The van der Waals surface area contributed by atoms with Gasteiger partial charge in [0.15, 0.2) is 11.5 Å². The number of phenolic OH excluding ortho intramolecular Hbond substituents is 2. The van der Waals surface area contributed by atoms with Crippen molar-refractivity contribution in [3.05, 3.63) is 70.8 Å². The largest absolute Gasteiger partial charge is 0.508 e. The van der Waals surface area contributed by atoms with Gasteiger partial charge in [0.2, 0.25) is 5.79 Å². The van der Waals surface area contributed by atoms with Gasteiger partial charge in [-0.3, -0.25) is 9.69 Å². The Labute approximate surface area is 299 Å². The fourth-order valence-electron chi connectivity index (χ4n) is 7.69. The zero-order chi connectivity index (χ0) is 37.5. The molecule has 3 aromatic rings. The summed E-state index contributed by atoms with van der Waals surface area (Å²) >= 11 is 0. The van der Waals surface area contributed by atoms with E-state index in [-0.39, 0.29) is 60.8 Å². The number of fused-ring (bicyclic) bond motifs is 3. The number of carbonyl (C=O) groups excluding carboxylic acids is 1. The third-order valence-electron chi connectivity index (χ3n) is 10.3. The first-order valence-electron chi connectivity index (χ1n) is 17.3. The van der Waals surface area contributed by atoms with Crippen LogP contribution in [0.3, 0.4) is 0 Å². The molecule has 4 heterocycles. The quantitative estimate of drug-likeness (QED) is 0.128. The number of aliphatic hydroxyl groups is 5. The van der Waals surface area contributed by atoms with Crippen LogP contribution in [0, 0.1) is 5.92 Å². The first-order chi connectivity index (χ1) is 24.7. The molecule has 2 aromatic carbocycles. The lowest BCUT2D eigenvalue weighted by molar-refractivity contribution is -0.342. The van der Waals surface area contributed by atoms with E-state index in [0.29, 0.717) is 29.5 Å². The molecule has 0 saturated carbocycles. The van der Waals surface area contributed by atoms with Crippen LogP contribution < -0.4 is 9.64 Å². The van der Waals surface area contributed by atoms with E-state index in [9.17, 15) is 50.4 Å². The molecule has 1 aromatic heterocycles. The first-order valence-corrected chi connectivity index (χ1v) is 17.3. The Morgan fingerprint density at radius 3 is 2.58 bits per heavy atom. The SMILES string of the molecule is CC(C)C[C@H](O)CC[C@]1(C(=O)O)Cc2cc(O)c3c(c2N1C(=O)/C=C/c1ccc(O)c(Cc2cnc[nH]2)c1)CC[C@@]1(O3)O[C@H](CO)[C@@H](O)[C@H](O)[C@H]1O. The van der Waals surface area contributed by atoms with E-state index in [2.05, 4.69) is 9.97 Å². The number of ether oxygens (including phenoxy) is 2. The van der Waals surface area contributed by atoms with Gasteiger partial charge >= 0.3 is 5.97 Å². The van der Waals surface area contributed by atoms with Gasteiger partial charge in [0, 0.05) is 48.4 Å². The van der Waals surface area contributed by atoms with Crippen LogP contribution in [0.1, 0.15) is 67.5 Å². The Kier molecular flexibility index (Phi) is 10.4. The van der Waals surface area contributed by atoms with Crippen LogP contribution in [-0.4, -0.2) is 111 Å². The number of aliphatic carboxylic acids is 1. The number of carbonyl (C=O) groups is 2. The predicted octanol–water partition coefficient (Wildman–Crippen LogP) is 1.52. The third kappa shape index (κ3) is 6.75. The van der Waals surface area contributed by atoms with E-state index in [4.69, 9.17) is 9.47 Å². The minimum absolute atomic E-state index is 0.0296. The van der Waals surface area contributed by atoms with Gasteiger partial charge in [0.05, 0.1) is 24.7 Å². The fraction of sp³-hybridized carbons (Fsp3) is 0.486. The van der Waals surface area contributed by atoms with Gasteiger partial charge in [0.1, 0.15) is 35.7 Å². The average molecular weight is 724 g/mol. The minimum Gasteiger partial charge on any atom is -0.508 e. The molecule has 15 nitrogen and oxygen atoms in total. The highest BCUT2D eigenvalue weighted by molar-refractivity contribution is 6.11. The summed E-state index contributed by atoms with van der Waals surface area (Å²) in [6.45, 7) is 3.16. The van der Waals surface area contributed by atoms with E-state index >= 15 is 0 Å². The number of aromatic hydroxyl groups is 2. The summed E-state index contributed by atoms with van der Waals surface area (Å²) in [4.78, 5) is 35.9. The van der Waals surface area contributed by atoms with Crippen molar-refractivity contribution in [2.45, 2.75) is 101 Å². The number of aromatic nitrogens is 2. The maximum atomic E-state index is 14.4. The minimum atomic E-state index is -1.99. The van der Waals surface area contributed by atoms with Crippen molar-refractivity contribution in [1.29, 1.82) is 0 Å². The van der Waals surface area contributed by atoms with Crippen LogP contribution in [0.15, 0.2) is 42.9 Å². The van der Waals surface area contributed by atoms with E-state index in [1.54, 1.807) is 18.3 Å². The van der Waals surface area contributed by atoms with Crippen LogP contribution in [0.25, 0.3) is 6.08 Å². The van der Waals surface area contributed by atoms with Crippen molar-refractivity contribution < 1.29 is 59.9 Å². The number of carboxylic acid groups (broad SMARTS) is 1. The zero-order valence-corrected chi connectivity index (χ0v) is 28.8. The maximum Gasteiger partial charge on any atom is 0.330 e. The maximum absolute atomic E-state index is 14.4. The molecule has 9 N–H and O–H groups in total. The second-order valence-electron chi connectivity index (χ2n) is 14.4. The van der Waals surface area contributed by atoms with Crippen molar-refractivity contribution in [3.8, 4) is 17.2 Å². The predicted molar refractivity (Wildman–Crippen MR) is 185 cm³/mol. The lowest BCUT2D eigenvalue weighted by Crippen LogP contribution is -2.68. The van der Waals surface area contributed by atoms with Crippen LogP contribution in [0.4, 0.5) is 5.69 Å². The molecule has 1 saturated heterocycles. The molecule has 0 bridgehead atoms. The summed E-state index contributed by atoms with van der Waals surface area (Å²) in [6.07, 6.45) is -1.14. The second kappa shape index (κ2) is 14.5. The summed E-state index contributed by atoms with van der Waals surface area (Å²) < 4.78 is 11.9. The standard InChI is InChI=1S/C37H45N3O12/c1-19(2)11-24(42)7-9-36(35(49)50)15-22-14-27(44)33-25(8-10-37(52-33)34(48)32(47)31(46)28(17-41)51-37)30(22)40(36)29(45)6-4-20-3-5-26(43)21(12-20)13-23-16-38-18-39-23/h3-6,12,14,16,18-19,24,28,31-32,34,41-44,46-48H,7-11,13,15,17H2,1-2H3,(H,38,39)(H,49,50)/b6-4+/t24-,28-,31-,32+,34-,36-,37+/m1/s1. The molecular weight excluding hydrogens is 678 g/mol. The number of rotatable bonds is 11. The van der Waals surface area contributed by atoms with Crippen LogP contribution in [0.5, 0.6) is 17.2 Å². The van der Waals surface area contributed by atoms with Gasteiger partial charge in [-0.2, -0.15) is 0 Å². The number of carboxylic acids is 1. The average Bonchev–Trinajstić information content (AvgIpc) is 3.74. The van der Waals surface area contributed by atoms with Gasteiger partial charge in [-0.1, -0.05) is 19.9 Å². The summed E-state index contributed by atoms with van der Waals surface area (Å²) in [6, 6.07) is 6.08. The lowest BCUT2D eigenvalue weighted by atomic mass is 9.85. The Morgan fingerprint density at radius 2 is 1.90 bits per heavy atom. The van der Waals surface area contributed by atoms with Crippen LogP contribution in [0.2, 0.25) is 0 Å². The number of imidazole rings is 1. The molecular formula is C37H45N3O12. The summed E-state index contributed by atoms with van der Waals surface area (Å²) in [5.74, 6) is -4.48. The number of H-pyrrole nitrogens is 1. The smallest absolute Gasteiger partial charge is 0.330 e. The molecule has 1 fully saturated rings. The lowest BCUT2D eigenvalue weighted by Gasteiger charge is -2.50. The van der Waals surface area contributed by atoms with E-state index in [0.717, 1.165) is 5.69 Å². The molecule has 15 heteroatoms. The Hall–Kier alpha value is -4.51. The number of aromatic amines is 1. The fourth-order valence-corrected chi connectivity index (χ4v) is 7.69. The number of hydrogen-bond acceptors (Lipinski definition) is 12. The van der Waals surface area contributed by atoms with Crippen molar-refractivity contribution >= 4 is 23.6 Å². The van der Waals surface area contributed by atoms with Crippen molar-refractivity contribution in [1.82, 2.24) is 9.97 Å². The highest BCUT2D eigenvalue weighted by atomic mass is 16.7. The number of hydrogen-bond donors (Lipinski definition) is 9. The molecule has 0 aliphatic carbocycles. The second-order valence-corrected chi connectivity index (χ2v) is 14.4. The Bertz CT molecular complexity index is 1830. The molecule has 280 valence electrons. The number of anilines is 1. The molecule has 1 amide bonds. The van der Waals surface area contributed by atoms with Crippen LogP contribution in [-0.2, 0) is 33.6 Å². The first kappa shape index (κ1) is 37.3. The molecule has 52 heavy (non-hydrogen) atoms. The molecule has 0 radical (unpaired) electrons. The zero-order valence-electron chi connectivity index (χ0n) is 28.8. The summed E-state index contributed by atoms with van der Waals surface area (Å²) in [5, 5.41) is 85.1. The number of benzene rings is 2. The summed E-state index contributed by atoms with van der Waals surface area (Å²) in [5.41, 5.74) is 0.793. The number of aliphatic hydroxyl groups excluding tert-OH is 5. The van der Waals surface area contributed by atoms with E-state index in [1.807, 2.05) is 13.8 Å². The molecule has 1 spiro atoms. The number of nitrogens with zero attached hydrogens (tertiary/aromatic N) is 2. The highest BCUT2D eigenvalue weighted by Crippen LogP contribution is 2.54. The topological polar surface area (TPSA) is 246 Å². The van der Waals surface area contributed by atoms with Gasteiger partial charge in [0.25, 0.3) is 5.91 Å². The van der Waals surface area contributed by atoms with Crippen molar-refractivity contribution in [2.75, 3.05) is 11.5 Å². The van der Waals surface area contributed by atoms with Gasteiger partial charge < -0.3 is 55.3 Å². The number of nitrogens with one attached hydrogen (secondary N) is 1. The van der Waals surface area contributed by atoms with Gasteiger partial charge in [-0.05, 0) is 67.0 Å². The Balaban J connectivity index is 1.40. The molecule has 7 atom stereocenters. The summed E-state index contributed by atoms with van der Waals surface area (Å²) in [7, 11) is 0. The van der Waals surface area contributed by atoms with E-state index < -0.39 is 66.1 Å². The van der Waals surface area contributed by atoms with Gasteiger partial charge in [-0.25, -0.2) is 9.78 Å². The molecule has 6 rings (SSSR count). The molecule has 0 unspecified atom stereocenters.